The van der Waals surface area contributed by atoms with Crippen LogP contribution in [0.4, 0.5) is 22.0 Å². The first-order valence-corrected chi connectivity index (χ1v) is 3.68. The molecule has 6 heteroatoms. The molecule has 0 bridgehead atoms. The maximum absolute atomic E-state index is 12.5. The third-order valence-corrected chi connectivity index (χ3v) is 2.32. The van der Waals surface area contributed by atoms with Crippen LogP contribution in [0.1, 0.15) is 20.3 Å². The first-order valence-electron chi connectivity index (χ1n) is 3.23. The summed E-state index contributed by atoms with van der Waals surface area (Å²) in [6, 6.07) is 0. The van der Waals surface area contributed by atoms with Crippen LogP contribution in [0.5, 0.6) is 0 Å². The second-order valence-electron chi connectivity index (χ2n) is 2.70. The molecule has 0 saturated heterocycles. The van der Waals surface area contributed by atoms with Crippen LogP contribution >= 0.6 is 12.6 Å². The first kappa shape index (κ1) is 12.0. The van der Waals surface area contributed by atoms with Crippen molar-refractivity contribution in [2.45, 2.75) is 37.1 Å². The van der Waals surface area contributed by atoms with Crippen molar-refractivity contribution in [3.8, 4) is 0 Å². The molecule has 0 aromatic rings. The van der Waals surface area contributed by atoms with Crippen molar-refractivity contribution in [1.82, 2.24) is 0 Å². The third kappa shape index (κ3) is 1.84. The summed E-state index contributed by atoms with van der Waals surface area (Å²) in [6.07, 6.45) is -5.89. The zero-order valence-electron chi connectivity index (χ0n) is 6.54. The molecule has 0 aliphatic carbocycles. The standard InChI is InChI=1S/C6H9F5S/c1-3-4(2,12)5(7,8)6(9,10)11/h12H,3H2,1-2H3. The fraction of sp³-hybridized carbons (Fsp3) is 1.00. The first-order chi connectivity index (χ1) is 5.06. The van der Waals surface area contributed by atoms with Crippen LogP contribution in [-0.4, -0.2) is 16.8 Å². The fourth-order valence-corrected chi connectivity index (χ4v) is 0.654. The molecule has 0 amide bonds. The lowest BCUT2D eigenvalue weighted by Gasteiger charge is -2.33. The monoisotopic (exact) mass is 208 g/mol. The van der Waals surface area contributed by atoms with E-state index in [1.54, 1.807) is 0 Å². The van der Waals surface area contributed by atoms with E-state index in [9.17, 15) is 22.0 Å². The number of hydrogen-bond donors (Lipinski definition) is 1. The minimum Gasteiger partial charge on any atom is -0.195 e. The molecule has 0 fully saturated rings. The minimum absolute atomic E-state index is 0.359. The van der Waals surface area contributed by atoms with E-state index in [0.717, 1.165) is 6.92 Å². The van der Waals surface area contributed by atoms with Gasteiger partial charge < -0.3 is 0 Å². The molecule has 1 unspecified atom stereocenters. The number of thiol groups is 1. The normalized spacial score (nSPS) is 19.0. The second-order valence-corrected chi connectivity index (χ2v) is 3.69. The summed E-state index contributed by atoms with van der Waals surface area (Å²) >= 11 is 3.29. The summed E-state index contributed by atoms with van der Waals surface area (Å²) in [4.78, 5) is 0. The van der Waals surface area contributed by atoms with Crippen LogP contribution in [0.3, 0.4) is 0 Å². The van der Waals surface area contributed by atoms with Gasteiger partial charge in [-0.05, 0) is 13.3 Å². The summed E-state index contributed by atoms with van der Waals surface area (Å²) in [6.45, 7) is 2.00. The van der Waals surface area contributed by atoms with E-state index in [1.165, 1.54) is 6.92 Å². The van der Waals surface area contributed by atoms with Gasteiger partial charge in [-0.3, -0.25) is 0 Å². The van der Waals surface area contributed by atoms with Crippen molar-refractivity contribution < 1.29 is 22.0 Å². The highest BCUT2D eigenvalue weighted by Gasteiger charge is 2.66. The van der Waals surface area contributed by atoms with Gasteiger partial charge in [0.1, 0.15) is 0 Å². The van der Waals surface area contributed by atoms with Gasteiger partial charge in [0.2, 0.25) is 0 Å². The van der Waals surface area contributed by atoms with Crippen molar-refractivity contribution in [1.29, 1.82) is 0 Å². The zero-order valence-corrected chi connectivity index (χ0v) is 7.44. The molecular formula is C6H9F5S. The Morgan fingerprint density at radius 1 is 1.08 bits per heavy atom. The van der Waals surface area contributed by atoms with E-state index >= 15 is 0 Å². The van der Waals surface area contributed by atoms with Crippen LogP contribution in [-0.2, 0) is 0 Å². The number of rotatable bonds is 2. The lowest BCUT2D eigenvalue weighted by molar-refractivity contribution is -0.293. The quantitative estimate of drug-likeness (QED) is 0.522. The largest absolute Gasteiger partial charge is 0.454 e. The van der Waals surface area contributed by atoms with Gasteiger partial charge in [-0.2, -0.15) is 34.6 Å². The lowest BCUT2D eigenvalue weighted by Crippen LogP contribution is -2.51. The topological polar surface area (TPSA) is 0 Å². The Hall–Kier alpha value is -0.0000000000000000555. The predicted molar refractivity (Wildman–Crippen MR) is 38.7 cm³/mol. The van der Waals surface area contributed by atoms with Gasteiger partial charge in [0, 0.05) is 0 Å². The average molecular weight is 208 g/mol. The van der Waals surface area contributed by atoms with Crippen molar-refractivity contribution in [2.75, 3.05) is 0 Å². The summed E-state index contributed by atoms with van der Waals surface area (Å²) in [7, 11) is 0. The van der Waals surface area contributed by atoms with Gasteiger partial charge in [0.15, 0.2) is 0 Å². The molecule has 0 heterocycles. The number of hydrogen-bond acceptors (Lipinski definition) is 1. The maximum atomic E-state index is 12.5. The molecule has 0 aromatic heterocycles. The average Bonchev–Trinajstić information content (AvgIpc) is 1.85. The SMILES string of the molecule is CCC(C)(S)C(F)(F)C(F)(F)F. The van der Waals surface area contributed by atoms with Crippen LogP contribution in [0, 0.1) is 0 Å². The molecule has 12 heavy (non-hydrogen) atoms. The van der Waals surface area contributed by atoms with Gasteiger partial charge in [0.05, 0.1) is 4.75 Å². The summed E-state index contributed by atoms with van der Waals surface area (Å²) in [5, 5.41) is 0. The Balaban J connectivity index is 4.85. The second kappa shape index (κ2) is 3.05. The van der Waals surface area contributed by atoms with Gasteiger partial charge >= 0.3 is 12.1 Å². The highest BCUT2D eigenvalue weighted by atomic mass is 32.1. The van der Waals surface area contributed by atoms with Crippen molar-refractivity contribution in [3.63, 3.8) is 0 Å². The van der Waals surface area contributed by atoms with Gasteiger partial charge in [0.25, 0.3) is 0 Å². The Kier molecular flexibility index (Phi) is 3.05. The van der Waals surface area contributed by atoms with Gasteiger partial charge in [-0.1, -0.05) is 6.92 Å². The summed E-state index contributed by atoms with van der Waals surface area (Å²) in [5.41, 5.74) is 0. The molecule has 0 nitrogen and oxygen atoms in total. The number of halogens is 5. The van der Waals surface area contributed by atoms with Crippen molar-refractivity contribution >= 4 is 12.6 Å². The third-order valence-electron chi connectivity index (χ3n) is 1.72. The molecule has 0 N–H and O–H groups in total. The molecule has 0 aromatic carbocycles. The van der Waals surface area contributed by atoms with Crippen LogP contribution in [0.15, 0.2) is 0 Å². The summed E-state index contributed by atoms with van der Waals surface area (Å²) < 4.78 is 57.8. The molecular weight excluding hydrogens is 199 g/mol. The van der Waals surface area contributed by atoms with Gasteiger partial charge in [-0.15, -0.1) is 0 Å². The van der Waals surface area contributed by atoms with E-state index in [0.29, 0.717) is 0 Å². The van der Waals surface area contributed by atoms with E-state index in [4.69, 9.17) is 0 Å². The Morgan fingerprint density at radius 3 is 1.50 bits per heavy atom. The van der Waals surface area contributed by atoms with Crippen molar-refractivity contribution in [2.24, 2.45) is 0 Å². The van der Waals surface area contributed by atoms with Crippen LogP contribution in [0.2, 0.25) is 0 Å². The lowest BCUT2D eigenvalue weighted by atomic mass is 9.99. The van der Waals surface area contributed by atoms with Crippen LogP contribution < -0.4 is 0 Å². The van der Waals surface area contributed by atoms with Crippen molar-refractivity contribution in [3.05, 3.63) is 0 Å². The molecule has 74 valence electrons. The smallest absolute Gasteiger partial charge is 0.195 e. The zero-order chi connectivity index (χ0) is 10.2. The molecule has 0 aliphatic rings. The number of alkyl halides is 5. The van der Waals surface area contributed by atoms with Crippen LogP contribution in [0.25, 0.3) is 0 Å². The van der Waals surface area contributed by atoms with E-state index in [1.807, 2.05) is 0 Å². The Labute approximate surface area is 72.5 Å². The maximum Gasteiger partial charge on any atom is 0.454 e. The molecule has 0 rings (SSSR count). The molecule has 1 atom stereocenters. The Morgan fingerprint density at radius 2 is 1.42 bits per heavy atom. The van der Waals surface area contributed by atoms with E-state index < -0.39 is 16.8 Å². The molecule has 0 spiro atoms. The van der Waals surface area contributed by atoms with E-state index in [2.05, 4.69) is 12.6 Å². The van der Waals surface area contributed by atoms with Gasteiger partial charge in [-0.25, -0.2) is 0 Å². The Bertz CT molecular complexity index is 160. The highest BCUT2D eigenvalue weighted by Crippen LogP contribution is 2.47. The molecule has 0 radical (unpaired) electrons. The minimum atomic E-state index is -5.53. The predicted octanol–water partition coefficient (Wildman–Crippen LogP) is 3.28. The van der Waals surface area contributed by atoms with E-state index in [-0.39, 0.29) is 6.42 Å². The molecule has 0 aliphatic heterocycles. The fourth-order valence-electron chi connectivity index (χ4n) is 0.527. The summed E-state index contributed by atoms with van der Waals surface area (Å²) in [5.74, 6) is -4.75. The highest BCUT2D eigenvalue weighted by molar-refractivity contribution is 7.81. The molecule has 0 saturated carbocycles.